The van der Waals surface area contributed by atoms with Crippen LogP contribution >= 0.6 is 0 Å². The van der Waals surface area contributed by atoms with Crippen LogP contribution in [-0.4, -0.2) is 57.2 Å². The monoisotopic (exact) mass is 368 g/mol. The number of carbonyl (C=O) groups excluding carboxylic acids is 1. The Morgan fingerprint density at radius 2 is 1.96 bits per heavy atom. The van der Waals surface area contributed by atoms with Gasteiger partial charge in [-0.15, -0.1) is 5.10 Å². The lowest BCUT2D eigenvalue weighted by Gasteiger charge is -2.33. The Balaban J connectivity index is 1.35. The van der Waals surface area contributed by atoms with Gasteiger partial charge in [0.05, 0.1) is 11.0 Å². The maximum absolute atomic E-state index is 12.5. The van der Waals surface area contributed by atoms with E-state index in [4.69, 9.17) is 4.42 Å². The molecule has 0 bridgehead atoms. The molecule has 1 aliphatic rings. The van der Waals surface area contributed by atoms with Crippen molar-refractivity contribution in [3.8, 4) is 0 Å². The van der Waals surface area contributed by atoms with Gasteiger partial charge in [-0.25, -0.2) is 4.98 Å². The lowest BCUT2D eigenvalue weighted by atomic mass is 10.2. The first-order chi connectivity index (χ1) is 13.1. The maximum Gasteiger partial charge on any atom is 0.318 e. The molecule has 1 fully saturated rings. The van der Waals surface area contributed by atoms with E-state index in [0.717, 1.165) is 5.52 Å². The van der Waals surface area contributed by atoms with Crippen LogP contribution in [0.1, 0.15) is 18.0 Å². The third-order valence-corrected chi connectivity index (χ3v) is 4.66. The van der Waals surface area contributed by atoms with E-state index < -0.39 is 0 Å². The standard InChI is InChI=1S/C18H20N6O3/c1-12-21-22-18(27-12)24-10-8-23(9-11-24)16(25)7-6-15-17(26)20-14-5-3-2-4-13(14)19-15/h2-5H,6-11H2,1H3,(H,20,26). The quantitative estimate of drug-likeness (QED) is 0.729. The number of fused-ring (bicyclic) bond motifs is 1. The van der Waals surface area contributed by atoms with Crippen LogP contribution in [0.2, 0.25) is 0 Å². The molecule has 1 saturated heterocycles. The normalized spacial score (nSPS) is 14.7. The lowest BCUT2D eigenvalue weighted by molar-refractivity contribution is -0.131. The van der Waals surface area contributed by atoms with Crippen molar-refractivity contribution in [2.75, 3.05) is 31.1 Å². The van der Waals surface area contributed by atoms with Gasteiger partial charge in [-0.05, 0) is 12.1 Å². The van der Waals surface area contributed by atoms with Crippen LogP contribution in [0.4, 0.5) is 6.01 Å². The first kappa shape index (κ1) is 17.2. The van der Waals surface area contributed by atoms with Crippen molar-refractivity contribution < 1.29 is 9.21 Å². The second-order valence-corrected chi connectivity index (χ2v) is 6.50. The molecule has 3 heterocycles. The predicted molar refractivity (Wildman–Crippen MR) is 98.5 cm³/mol. The van der Waals surface area contributed by atoms with Gasteiger partial charge in [0.2, 0.25) is 11.8 Å². The summed E-state index contributed by atoms with van der Waals surface area (Å²) in [6, 6.07) is 7.86. The summed E-state index contributed by atoms with van der Waals surface area (Å²) in [5, 5.41) is 7.84. The first-order valence-corrected chi connectivity index (χ1v) is 8.91. The number of anilines is 1. The van der Waals surface area contributed by atoms with Gasteiger partial charge < -0.3 is 19.2 Å². The smallest absolute Gasteiger partial charge is 0.318 e. The molecular weight excluding hydrogens is 348 g/mol. The van der Waals surface area contributed by atoms with E-state index in [-0.39, 0.29) is 17.9 Å². The summed E-state index contributed by atoms with van der Waals surface area (Å²) >= 11 is 0. The van der Waals surface area contributed by atoms with E-state index in [9.17, 15) is 9.59 Å². The van der Waals surface area contributed by atoms with Gasteiger partial charge in [-0.1, -0.05) is 17.2 Å². The fraction of sp³-hybridized carbons (Fsp3) is 0.389. The van der Waals surface area contributed by atoms with Crippen molar-refractivity contribution in [2.24, 2.45) is 0 Å². The molecule has 0 saturated carbocycles. The molecule has 4 rings (SSSR count). The Bertz CT molecular complexity index is 1020. The number of nitrogens with zero attached hydrogens (tertiary/aromatic N) is 5. The maximum atomic E-state index is 12.5. The van der Waals surface area contributed by atoms with E-state index in [1.165, 1.54) is 0 Å². The molecule has 0 radical (unpaired) electrons. The van der Waals surface area contributed by atoms with Crippen molar-refractivity contribution in [3.63, 3.8) is 0 Å². The lowest BCUT2D eigenvalue weighted by Crippen LogP contribution is -2.49. The zero-order chi connectivity index (χ0) is 18.8. The molecule has 0 spiro atoms. The summed E-state index contributed by atoms with van der Waals surface area (Å²) in [7, 11) is 0. The van der Waals surface area contributed by atoms with Crippen molar-refractivity contribution in [1.82, 2.24) is 25.1 Å². The Hall–Kier alpha value is -3.23. The largest absolute Gasteiger partial charge is 0.408 e. The van der Waals surface area contributed by atoms with Crippen LogP contribution < -0.4 is 10.5 Å². The van der Waals surface area contributed by atoms with Gasteiger partial charge >= 0.3 is 6.01 Å². The minimum atomic E-state index is -0.238. The molecule has 0 unspecified atom stereocenters. The van der Waals surface area contributed by atoms with Gasteiger partial charge in [-0.2, -0.15) is 0 Å². The number of para-hydroxylation sites is 2. The number of aromatic amines is 1. The number of aromatic nitrogens is 4. The summed E-state index contributed by atoms with van der Waals surface area (Å²) < 4.78 is 5.43. The second-order valence-electron chi connectivity index (χ2n) is 6.50. The van der Waals surface area contributed by atoms with Crippen LogP contribution in [0.25, 0.3) is 11.0 Å². The highest BCUT2D eigenvalue weighted by molar-refractivity contribution is 5.77. The van der Waals surface area contributed by atoms with Crippen molar-refractivity contribution >= 4 is 23.0 Å². The molecule has 9 heteroatoms. The number of hydrogen-bond donors (Lipinski definition) is 1. The topological polar surface area (TPSA) is 108 Å². The average molecular weight is 368 g/mol. The molecule has 1 aromatic carbocycles. The van der Waals surface area contributed by atoms with Gasteiger partial charge in [0.1, 0.15) is 5.69 Å². The highest BCUT2D eigenvalue weighted by Crippen LogP contribution is 2.15. The van der Waals surface area contributed by atoms with Crippen LogP contribution in [0.5, 0.6) is 0 Å². The Kier molecular flexibility index (Phi) is 4.57. The van der Waals surface area contributed by atoms with Crippen LogP contribution in [0, 0.1) is 6.92 Å². The van der Waals surface area contributed by atoms with Crippen LogP contribution in [-0.2, 0) is 11.2 Å². The zero-order valence-corrected chi connectivity index (χ0v) is 15.0. The Labute approximate surface area is 155 Å². The SMILES string of the molecule is Cc1nnc(N2CCN(C(=O)CCc3nc4ccccc4[nH]c3=O)CC2)o1. The number of piperazine rings is 1. The van der Waals surface area contributed by atoms with Crippen molar-refractivity contribution in [1.29, 1.82) is 0 Å². The first-order valence-electron chi connectivity index (χ1n) is 8.91. The van der Waals surface area contributed by atoms with Gasteiger partial charge in [-0.3, -0.25) is 9.59 Å². The Morgan fingerprint density at radius 1 is 1.19 bits per heavy atom. The molecule has 27 heavy (non-hydrogen) atoms. The van der Waals surface area contributed by atoms with Gasteiger partial charge in [0.25, 0.3) is 5.56 Å². The zero-order valence-electron chi connectivity index (χ0n) is 15.0. The predicted octanol–water partition coefficient (Wildman–Crippen LogP) is 0.896. The number of rotatable bonds is 4. The van der Waals surface area contributed by atoms with E-state index in [1.54, 1.807) is 11.8 Å². The summed E-state index contributed by atoms with van der Waals surface area (Å²) in [5.74, 6) is 0.544. The molecule has 2 aromatic heterocycles. The third-order valence-electron chi connectivity index (χ3n) is 4.66. The summed E-state index contributed by atoms with van der Waals surface area (Å²) in [6.07, 6.45) is 0.580. The van der Waals surface area contributed by atoms with E-state index in [2.05, 4.69) is 20.2 Å². The third kappa shape index (κ3) is 3.67. The van der Waals surface area contributed by atoms with E-state index >= 15 is 0 Å². The minimum absolute atomic E-state index is 0.0192. The molecule has 0 atom stereocenters. The number of nitrogens with one attached hydrogen (secondary N) is 1. The van der Waals surface area contributed by atoms with Crippen molar-refractivity contribution in [3.05, 3.63) is 46.2 Å². The summed E-state index contributed by atoms with van der Waals surface area (Å²) in [6.45, 7) is 4.20. The molecule has 140 valence electrons. The fourth-order valence-corrected chi connectivity index (χ4v) is 3.18. The van der Waals surface area contributed by atoms with E-state index in [1.807, 2.05) is 29.2 Å². The molecule has 1 aliphatic heterocycles. The van der Waals surface area contributed by atoms with Crippen LogP contribution in [0.3, 0.4) is 0 Å². The molecule has 3 aromatic rings. The Morgan fingerprint density at radius 3 is 2.70 bits per heavy atom. The van der Waals surface area contributed by atoms with Gasteiger partial charge in [0.15, 0.2) is 0 Å². The molecule has 0 aliphatic carbocycles. The number of hydrogen-bond acceptors (Lipinski definition) is 7. The van der Waals surface area contributed by atoms with E-state index in [0.29, 0.717) is 55.7 Å². The number of amides is 1. The summed E-state index contributed by atoms with van der Waals surface area (Å²) in [5.41, 5.74) is 1.58. The van der Waals surface area contributed by atoms with Crippen LogP contribution in [0.15, 0.2) is 33.5 Å². The second kappa shape index (κ2) is 7.18. The highest BCUT2D eigenvalue weighted by Gasteiger charge is 2.24. The fourth-order valence-electron chi connectivity index (χ4n) is 3.18. The molecule has 1 amide bonds. The number of carbonyl (C=O) groups is 1. The van der Waals surface area contributed by atoms with Crippen molar-refractivity contribution in [2.45, 2.75) is 19.8 Å². The molecular formula is C18H20N6O3. The number of benzene rings is 1. The summed E-state index contributed by atoms with van der Waals surface area (Å²) in [4.78, 5) is 35.6. The number of aryl methyl sites for hydroxylation is 2. The average Bonchev–Trinajstić information content (AvgIpc) is 3.12. The minimum Gasteiger partial charge on any atom is -0.408 e. The van der Waals surface area contributed by atoms with Gasteiger partial charge in [0, 0.05) is 45.9 Å². The molecule has 9 nitrogen and oxygen atoms in total. The molecule has 1 N–H and O–H groups in total. The highest BCUT2D eigenvalue weighted by atomic mass is 16.4. The number of H-pyrrole nitrogens is 1.